The molecule has 6 N–H and O–H groups in total. The summed E-state index contributed by atoms with van der Waals surface area (Å²) in [5.41, 5.74) is 5.02. The predicted octanol–water partition coefficient (Wildman–Crippen LogP) is -0.896. The number of carbonyl (C=O) groups excluding carboxylic acids is 3. The first-order valence-electron chi connectivity index (χ1n) is 8.56. The summed E-state index contributed by atoms with van der Waals surface area (Å²) in [7, 11) is 0. The topological polar surface area (TPSA) is 151 Å². The number of carboxylic acids is 1. The second-order valence-corrected chi connectivity index (χ2v) is 6.74. The maximum atomic E-state index is 12.5. The van der Waals surface area contributed by atoms with E-state index in [4.69, 9.17) is 5.73 Å². The summed E-state index contributed by atoms with van der Waals surface area (Å²) in [4.78, 5) is 46.8. The van der Waals surface area contributed by atoms with Gasteiger partial charge in [0.25, 0.3) is 0 Å². The van der Waals surface area contributed by atoms with E-state index in [0.717, 1.165) is 13.0 Å². The molecule has 3 unspecified atom stereocenters. The number of nitrogens with one attached hydrogen (secondary N) is 3. The first-order valence-corrected chi connectivity index (χ1v) is 8.56. The summed E-state index contributed by atoms with van der Waals surface area (Å²) in [6, 6.07) is -2.38. The monoisotopic (exact) mass is 356 g/mol. The van der Waals surface area contributed by atoms with Gasteiger partial charge in [0.15, 0.2) is 0 Å². The van der Waals surface area contributed by atoms with Crippen molar-refractivity contribution < 1.29 is 24.3 Å². The molecule has 1 aliphatic heterocycles. The van der Waals surface area contributed by atoms with E-state index >= 15 is 0 Å². The van der Waals surface area contributed by atoms with Crippen molar-refractivity contribution in [1.29, 1.82) is 0 Å². The highest BCUT2D eigenvalue weighted by Gasteiger charge is 2.30. The molecule has 9 heteroatoms. The van der Waals surface area contributed by atoms with Gasteiger partial charge in [-0.2, -0.15) is 0 Å². The van der Waals surface area contributed by atoms with Crippen molar-refractivity contribution >= 4 is 23.7 Å². The lowest BCUT2D eigenvalue weighted by Gasteiger charge is -2.24. The Morgan fingerprint density at radius 2 is 1.88 bits per heavy atom. The second kappa shape index (κ2) is 9.97. The zero-order chi connectivity index (χ0) is 19.0. The SMILES string of the molecule is CC(C)CC(NC(=O)C1CCCN1)C(=O)NC(CCC(N)=O)C(=O)O. The summed E-state index contributed by atoms with van der Waals surface area (Å²) in [5.74, 6) is -2.60. The molecule has 1 fully saturated rings. The first-order chi connectivity index (χ1) is 11.7. The Morgan fingerprint density at radius 1 is 1.20 bits per heavy atom. The third-order valence-electron chi connectivity index (χ3n) is 4.01. The van der Waals surface area contributed by atoms with E-state index in [9.17, 15) is 24.3 Å². The summed E-state index contributed by atoms with van der Waals surface area (Å²) < 4.78 is 0. The number of rotatable bonds is 10. The molecule has 0 aliphatic carbocycles. The third kappa shape index (κ3) is 7.51. The van der Waals surface area contributed by atoms with Gasteiger partial charge < -0.3 is 26.8 Å². The number of aliphatic carboxylic acids is 1. The molecule has 1 saturated heterocycles. The highest BCUT2D eigenvalue weighted by molar-refractivity contribution is 5.92. The summed E-state index contributed by atoms with van der Waals surface area (Å²) in [6.07, 6.45) is 1.74. The maximum Gasteiger partial charge on any atom is 0.326 e. The van der Waals surface area contributed by atoms with E-state index in [1.165, 1.54) is 0 Å². The Balaban J connectivity index is 2.71. The lowest BCUT2D eigenvalue weighted by atomic mass is 10.0. The normalized spacial score (nSPS) is 19.2. The van der Waals surface area contributed by atoms with Crippen LogP contribution < -0.4 is 21.7 Å². The van der Waals surface area contributed by atoms with Crippen LogP contribution in [-0.4, -0.2) is 53.5 Å². The molecular weight excluding hydrogens is 328 g/mol. The minimum Gasteiger partial charge on any atom is -0.480 e. The van der Waals surface area contributed by atoms with Gasteiger partial charge >= 0.3 is 5.97 Å². The number of carbonyl (C=O) groups is 4. The predicted molar refractivity (Wildman–Crippen MR) is 90.4 cm³/mol. The van der Waals surface area contributed by atoms with Crippen molar-refractivity contribution in [3.63, 3.8) is 0 Å². The number of carboxylic acid groups (broad SMARTS) is 1. The zero-order valence-electron chi connectivity index (χ0n) is 14.7. The lowest BCUT2D eigenvalue weighted by Crippen LogP contribution is -2.54. The van der Waals surface area contributed by atoms with Gasteiger partial charge in [0.05, 0.1) is 6.04 Å². The van der Waals surface area contributed by atoms with Gasteiger partial charge in [-0.3, -0.25) is 14.4 Å². The summed E-state index contributed by atoms with van der Waals surface area (Å²) >= 11 is 0. The highest BCUT2D eigenvalue weighted by atomic mass is 16.4. The number of primary amides is 1. The molecule has 0 bridgehead atoms. The van der Waals surface area contributed by atoms with Crippen LogP contribution in [0.5, 0.6) is 0 Å². The number of hydrogen-bond donors (Lipinski definition) is 5. The molecule has 9 nitrogen and oxygen atoms in total. The van der Waals surface area contributed by atoms with E-state index in [1.807, 2.05) is 13.8 Å². The fraction of sp³-hybridized carbons (Fsp3) is 0.750. The number of amides is 3. The summed E-state index contributed by atoms with van der Waals surface area (Å²) in [6.45, 7) is 4.57. The van der Waals surface area contributed by atoms with Gasteiger partial charge in [0.1, 0.15) is 12.1 Å². The minimum absolute atomic E-state index is 0.0943. The van der Waals surface area contributed by atoms with Gasteiger partial charge in [-0.15, -0.1) is 0 Å². The van der Waals surface area contributed by atoms with Gasteiger partial charge in [-0.25, -0.2) is 4.79 Å². The second-order valence-electron chi connectivity index (χ2n) is 6.74. The average Bonchev–Trinajstić information content (AvgIpc) is 3.03. The minimum atomic E-state index is -1.25. The number of hydrogen-bond acceptors (Lipinski definition) is 5. The number of nitrogens with two attached hydrogens (primary N) is 1. The Morgan fingerprint density at radius 3 is 2.36 bits per heavy atom. The smallest absolute Gasteiger partial charge is 0.326 e. The largest absolute Gasteiger partial charge is 0.480 e. The van der Waals surface area contributed by atoms with Crippen LogP contribution in [0.2, 0.25) is 0 Å². The molecule has 1 rings (SSSR count). The summed E-state index contributed by atoms with van der Waals surface area (Å²) in [5, 5.41) is 17.3. The molecule has 0 spiro atoms. The van der Waals surface area contributed by atoms with Crippen LogP contribution in [0.25, 0.3) is 0 Å². The Labute approximate surface area is 147 Å². The molecule has 3 amide bonds. The van der Waals surface area contributed by atoms with E-state index in [1.54, 1.807) is 0 Å². The van der Waals surface area contributed by atoms with Gasteiger partial charge in [-0.1, -0.05) is 13.8 Å². The zero-order valence-corrected chi connectivity index (χ0v) is 14.7. The lowest BCUT2D eigenvalue weighted by molar-refractivity contribution is -0.142. The van der Waals surface area contributed by atoms with Crippen LogP contribution in [0.4, 0.5) is 0 Å². The van der Waals surface area contributed by atoms with E-state index < -0.39 is 29.9 Å². The maximum absolute atomic E-state index is 12.5. The van der Waals surface area contributed by atoms with Crippen LogP contribution in [0.1, 0.15) is 46.0 Å². The van der Waals surface area contributed by atoms with Crippen LogP contribution in [0, 0.1) is 5.92 Å². The average molecular weight is 356 g/mol. The molecule has 0 aromatic carbocycles. The fourth-order valence-corrected chi connectivity index (χ4v) is 2.70. The molecule has 142 valence electrons. The molecule has 25 heavy (non-hydrogen) atoms. The van der Waals surface area contributed by atoms with Gasteiger partial charge in [0, 0.05) is 6.42 Å². The molecule has 0 radical (unpaired) electrons. The highest BCUT2D eigenvalue weighted by Crippen LogP contribution is 2.09. The fourth-order valence-electron chi connectivity index (χ4n) is 2.70. The van der Waals surface area contributed by atoms with Crippen molar-refractivity contribution in [2.75, 3.05) is 6.54 Å². The van der Waals surface area contributed by atoms with Crippen LogP contribution in [-0.2, 0) is 19.2 Å². The Kier molecular flexibility index (Phi) is 8.33. The molecule has 0 aromatic rings. The van der Waals surface area contributed by atoms with Gasteiger partial charge in [0.2, 0.25) is 17.7 Å². The van der Waals surface area contributed by atoms with Crippen LogP contribution in [0.15, 0.2) is 0 Å². The standard InChI is InChI=1S/C16H28N4O5/c1-9(2)8-12(20-14(22)10-4-3-7-18-10)15(23)19-11(16(24)25)5-6-13(17)21/h9-12,18H,3-8H2,1-2H3,(H2,17,21)(H,19,23)(H,20,22)(H,24,25). The van der Waals surface area contributed by atoms with Crippen LogP contribution >= 0.6 is 0 Å². The molecule has 3 atom stereocenters. The van der Waals surface area contributed by atoms with Crippen molar-refractivity contribution in [1.82, 2.24) is 16.0 Å². The van der Waals surface area contributed by atoms with Crippen molar-refractivity contribution in [2.45, 2.75) is 64.1 Å². The quantitative estimate of drug-likeness (QED) is 0.342. The molecule has 1 heterocycles. The third-order valence-corrected chi connectivity index (χ3v) is 4.01. The molecule has 1 aliphatic rings. The molecule has 0 saturated carbocycles. The van der Waals surface area contributed by atoms with Gasteiger partial charge in [-0.05, 0) is 38.1 Å². The Bertz CT molecular complexity index is 503. The molecular formula is C16H28N4O5. The first kappa shape index (κ1) is 20.9. The Hall–Kier alpha value is -2.16. The molecule has 0 aromatic heterocycles. The van der Waals surface area contributed by atoms with E-state index in [0.29, 0.717) is 12.8 Å². The van der Waals surface area contributed by atoms with Crippen LogP contribution in [0.3, 0.4) is 0 Å². The van der Waals surface area contributed by atoms with E-state index in [-0.39, 0.29) is 30.7 Å². The van der Waals surface area contributed by atoms with Crippen molar-refractivity contribution in [3.8, 4) is 0 Å². The van der Waals surface area contributed by atoms with Crippen molar-refractivity contribution in [2.24, 2.45) is 11.7 Å². The van der Waals surface area contributed by atoms with Crippen molar-refractivity contribution in [3.05, 3.63) is 0 Å². The van der Waals surface area contributed by atoms with E-state index in [2.05, 4.69) is 16.0 Å².